The van der Waals surface area contributed by atoms with Gasteiger partial charge in [0, 0.05) is 41.5 Å². The number of benzene rings is 3. The molecule has 39 heavy (non-hydrogen) atoms. The first kappa shape index (κ1) is 31.7. The fraction of sp³-hybridized carbons (Fsp3) is 0.343. The van der Waals surface area contributed by atoms with Crippen LogP contribution in [-0.4, -0.2) is 17.8 Å². The number of nitrogens with zero attached hydrogens (tertiary/aromatic N) is 1. The van der Waals surface area contributed by atoms with Crippen LogP contribution in [0.15, 0.2) is 73.3 Å². The van der Waals surface area contributed by atoms with Crippen LogP contribution in [0.4, 0.5) is 4.39 Å². The Morgan fingerprint density at radius 3 is 2.15 bits per heavy atom. The standard InChI is InChI=1S/C21H22N2.C9H12FN.C5H12/c1-4-18-19-11-10-17(13-22)12-20(19)23(21(18)15(2)3)14-16-8-6-5-7-9-16;1-7-3-4-8(6-11-2)5-9(7)10;1-4-5(2)3/h4-13,15,22H,1,14H2,2-3H3;3-5,11H,6H2,1-2H3;5H,4H2,1-3H3. The van der Waals surface area contributed by atoms with Crippen molar-refractivity contribution in [3.05, 3.63) is 113 Å². The second-order valence-electron chi connectivity index (χ2n) is 10.6. The third kappa shape index (κ3) is 9.04. The predicted octanol–water partition coefficient (Wildman–Crippen LogP) is 9.36. The lowest BCUT2D eigenvalue weighted by atomic mass is 10.0. The lowest BCUT2D eigenvalue weighted by molar-refractivity contribution is 0.614. The van der Waals surface area contributed by atoms with E-state index in [2.05, 4.69) is 87.5 Å². The third-order valence-corrected chi connectivity index (χ3v) is 6.70. The average Bonchev–Trinajstić information content (AvgIpc) is 3.24. The number of fused-ring (bicyclic) bond motifs is 1. The Hall–Kier alpha value is -3.50. The first-order valence-corrected chi connectivity index (χ1v) is 13.9. The van der Waals surface area contributed by atoms with Crippen LogP contribution in [0, 0.1) is 24.1 Å². The monoisotopic (exact) mass is 527 g/mol. The Bertz CT molecular complexity index is 1330. The van der Waals surface area contributed by atoms with Gasteiger partial charge in [0.1, 0.15) is 5.82 Å². The molecular weight excluding hydrogens is 481 g/mol. The summed E-state index contributed by atoms with van der Waals surface area (Å²) in [7, 11) is 1.85. The Balaban J connectivity index is 0.000000276. The van der Waals surface area contributed by atoms with Crippen molar-refractivity contribution in [2.24, 2.45) is 5.92 Å². The first-order chi connectivity index (χ1) is 18.7. The van der Waals surface area contributed by atoms with Crippen LogP contribution in [0.5, 0.6) is 0 Å². The van der Waals surface area contributed by atoms with Gasteiger partial charge in [-0.1, -0.05) is 108 Å². The van der Waals surface area contributed by atoms with E-state index in [-0.39, 0.29) is 5.82 Å². The molecule has 1 heterocycles. The van der Waals surface area contributed by atoms with Crippen molar-refractivity contribution in [2.75, 3.05) is 7.05 Å². The van der Waals surface area contributed by atoms with Gasteiger partial charge in [-0.05, 0) is 60.2 Å². The summed E-state index contributed by atoms with van der Waals surface area (Å²) in [5.41, 5.74) is 7.58. The van der Waals surface area contributed by atoms with E-state index in [0.717, 1.165) is 30.1 Å². The van der Waals surface area contributed by atoms with Crippen molar-refractivity contribution in [1.82, 2.24) is 9.88 Å². The minimum absolute atomic E-state index is 0.127. The van der Waals surface area contributed by atoms with Gasteiger partial charge in [0.05, 0.1) is 0 Å². The zero-order valence-corrected chi connectivity index (χ0v) is 24.8. The molecule has 2 N–H and O–H groups in total. The molecular formula is C35H46FN3. The van der Waals surface area contributed by atoms with Crippen LogP contribution in [0.3, 0.4) is 0 Å². The molecule has 1 aromatic heterocycles. The van der Waals surface area contributed by atoms with Crippen LogP contribution in [0.1, 0.15) is 80.5 Å². The summed E-state index contributed by atoms with van der Waals surface area (Å²) in [5.74, 6) is 1.16. The highest BCUT2D eigenvalue weighted by atomic mass is 19.1. The molecule has 3 nitrogen and oxygen atoms in total. The van der Waals surface area contributed by atoms with Crippen LogP contribution < -0.4 is 5.32 Å². The molecule has 4 aromatic rings. The Morgan fingerprint density at radius 1 is 0.974 bits per heavy atom. The maximum atomic E-state index is 12.9. The molecule has 0 saturated heterocycles. The molecule has 0 aliphatic carbocycles. The molecule has 0 amide bonds. The van der Waals surface area contributed by atoms with Crippen LogP contribution in [0.2, 0.25) is 0 Å². The van der Waals surface area contributed by atoms with Crippen LogP contribution >= 0.6 is 0 Å². The molecule has 208 valence electrons. The topological polar surface area (TPSA) is 40.8 Å². The fourth-order valence-electron chi connectivity index (χ4n) is 4.23. The van der Waals surface area contributed by atoms with Gasteiger partial charge in [-0.25, -0.2) is 4.39 Å². The highest BCUT2D eigenvalue weighted by Gasteiger charge is 2.18. The Kier molecular flexibility index (Phi) is 12.9. The van der Waals surface area contributed by atoms with Crippen molar-refractivity contribution in [3.8, 4) is 0 Å². The van der Waals surface area contributed by atoms with Crippen molar-refractivity contribution in [2.45, 2.75) is 67.0 Å². The smallest absolute Gasteiger partial charge is 0.126 e. The molecule has 4 rings (SSSR count). The second-order valence-corrected chi connectivity index (χ2v) is 10.6. The Labute approximate surface area is 235 Å². The maximum Gasteiger partial charge on any atom is 0.126 e. The SMILES string of the molecule is C=Cc1c(C(C)C)n(Cc2ccccc2)c2cc(C=N)ccc12.CCC(C)C.CNCc1ccc(C)c(F)c1. The molecule has 0 aliphatic rings. The van der Waals surface area contributed by atoms with Gasteiger partial charge < -0.3 is 15.3 Å². The quantitative estimate of drug-likeness (QED) is 0.220. The van der Waals surface area contributed by atoms with E-state index in [9.17, 15) is 4.39 Å². The number of nitrogens with one attached hydrogen (secondary N) is 2. The molecule has 0 radical (unpaired) electrons. The Morgan fingerprint density at radius 2 is 1.64 bits per heavy atom. The molecule has 0 fully saturated rings. The predicted molar refractivity (Wildman–Crippen MR) is 169 cm³/mol. The number of aryl methyl sites for hydroxylation is 1. The molecule has 0 atom stereocenters. The number of aromatic nitrogens is 1. The molecule has 0 unspecified atom stereocenters. The minimum Gasteiger partial charge on any atom is -0.339 e. The van der Waals surface area contributed by atoms with Crippen molar-refractivity contribution >= 4 is 23.2 Å². The number of halogens is 1. The van der Waals surface area contributed by atoms with Crippen molar-refractivity contribution < 1.29 is 4.39 Å². The fourth-order valence-corrected chi connectivity index (χ4v) is 4.23. The van der Waals surface area contributed by atoms with Gasteiger partial charge in [-0.2, -0.15) is 0 Å². The van der Waals surface area contributed by atoms with Gasteiger partial charge in [0.25, 0.3) is 0 Å². The largest absolute Gasteiger partial charge is 0.339 e. The van der Waals surface area contributed by atoms with E-state index in [1.807, 2.05) is 31.3 Å². The minimum atomic E-state index is -0.127. The third-order valence-electron chi connectivity index (χ3n) is 6.70. The lowest BCUT2D eigenvalue weighted by Crippen LogP contribution is -2.06. The molecule has 0 bridgehead atoms. The molecule has 0 aliphatic heterocycles. The van der Waals surface area contributed by atoms with E-state index in [0.29, 0.717) is 11.5 Å². The summed E-state index contributed by atoms with van der Waals surface area (Å²) in [5, 5.41) is 11.7. The first-order valence-electron chi connectivity index (χ1n) is 13.9. The van der Waals surface area contributed by atoms with Gasteiger partial charge >= 0.3 is 0 Å². The van der Waals surface area contributed by atoms with E-state index in [1.165, 1.54) is 40.4 Å². The maximum absolute atomic E-state index is 12.9. The van der Waals surface area contributed by atoms with E-state index < -0.39 is 0 Å². The summed E-state index contributed by atoms with van der Waals surface area (Å²) >= 11 is 0. The average molecular weight is 528 g/mol. The zero-order valence-electron chi connectivity index (χ0n) is 24.8. The highest BCUT2D eigenvalue weighted by molar-refractivity contribution is 5.95. The van der Waals surface area contributed by atoms with Gasteiger partial charge in [-0.15, -0.1) is 0 Å². The van der Waals surface area contributed by atoms with E-state index in [1.54, 1.807) is 19.1 Å². The summed E-state index contributed by atoms with van der Waals surface area (Å²) in [6, 6.07) is 22.0. The number of hydrogen-bond acceptors (Lipinski definition) is 2. The summed E-state index contributed by atoms with van der Waals surface area (Å²) in [4.78, 5) is 0. The summed E-state index contributed by atoms with van der Waals surface area (Å²) < 4.78 is 15.2. The summed E-state index contributed by atoms with van der Waals surface area (Å²) in [6.45, 7) is 18.4. The molecule has 3 aromatic carbocycles. The normalized spacial score (nSPS) is 10.6. The zero-order chi connectivity index (χ0) is 28.9. The van der Waals surface area contributed by atoms with Crippen LogP contribution in [-0.2, 0) is 13.1 Å². The van der Waals surface area contributed by atoms with Gasteiger partial charge in [-0.3, -0.25) is 0 Å². The number of hydrogen-bond donors (Lipinski definition) is 2. The highest BCUT2D eigenvalue weighted by Crippen LogP contribution is 2.33. The molecule has 0 saturated carbocycles. The van der Waals surface area contributed by atoms with E-state index >= 15 is 0 Å². The van der Waals surface area contributed by atoms with E-state index in [4.69, 9.17) is 5.41 Å². The summed E-state index contributed by atoms with van der Waals surface area (Å²) in [6.07, 6.45) is 4.67. The van der Waals surface area contributed by atoms with Gasteiger partial charge in [0.15, 0.2) is 0 Å². The molecule has 4 heteroatoms. The van der Waals surface area contributed by atoms with Crippen LogP contribution in [0.25, 0.3) is 17.0 Å². The number of rotatable bonds is 8. The lowest BCUT2D eigenvalue weighted by Gasteiger charge is -2.15. The van der Waals surface area contributed by atoms with Crippen molar-refractivity contribution in [1.29, 1.82) is 5.41 Å². The second kappa shape index (κ2) is 15.8. The molecule has 0 spiro atoms. The van der Waals surface area contributed by atoms with Gasteiger partial charge in [0.2, 0.25) is 0 Å². The van der Waals surface area contributed by atoms with Crippen molar-refractivity contribution in [3.63, 3.8) is 0 Å².